The monoisotopic (exact) mass is 311 g/mol. The molecular weight excluding hydrogens is 298 g/mol. The minimum absolute atomic E-state index is 0.160. The summed E-state index contributed by atoms with van der Waals surface area (Å²) in [6, 6.07) is 3.32. The van der Waals surface area contributed by atoms with E-state index >= 15 is 0 Å². The van der Waals surface area contributed by atoms with Crippen LogP contribution >= 0.6 is 23.4 Å². The van der Waals surface area contributed by atoms with Crippen LogP contribution in [0.2, 0.25) is 5.02 Å². The molecule has 0 aliphatic carbocycles. The number of thioether (sulfide) groups is 1. The van der Waals surface area contributed by atoms with E-state index < -0.39 is 0 Å². The van der Waals surface area contributed by atoms with Gasteiger partial charge in [0.15, 0.2) is 0 Å². The number of halogens is 1. The fourth-order valence-corrected chi connectivity index (χ4v) is 2.23. The number of carbonyl (C=O) groups is 1. The molecule has 0 radical (unpaired) electrons. The van der Waals surface area contributed by atoms with E-state index in [-0.39, 0.29) is 11.2 Å². The van der Waals surface area contributed by atoms with Crippen LogP contribution in [0.4, 0.5) is 5.82 Å². The second kappa shape index (κ2) is 6.71. The summed E-state index contributed by atoms with van der Waals surface area (Å²) in [6.45, 7) is 3.77. The fourth-order valence-electron chi connectivity index (χ4n) is 1.38. The number of nitrogens with zero attached hydrogens (tertiary/aromatic N) is 3. The first-order chi connectivity index (χ1) is 9.58. The van der Waals surface area contributed by atoms with Gasteiger partial charge in [-0.2, -0.15) is 0 Å². The van der Waals surface area contributed by atoms with Crippen LogP contribution in [0, 0.1) is 0 Å². The van der Waals surface area contributed by atoms with Gasteiger partial charge in [0.25, 0.3) is 0 Å². The van der Waals surface area contributed by atoms with Gasteiger partial charge in [-0.3, -0.25) is 9.89 Å². The Labute approximate surface area is 125 Å². The van der Waals surface area contributed by atoms with Gasteiger partial charge in [0.2, 0.25) is 11.1 Å². The maximum atomic E-state index is 12.0. The second-order valence-electron chi connectivity index (χ2n) is 4.03. The average Bonchev–Trinajstić information content (AvgIpc) is 2.89. The number of aromatic amines is 1. The highest BCUT2D eigenvalue weighted by molar-refractivity contribution is 8.00. The molecule has 0 aliphatic heterocycles. The Morgan fingerprint density at radius 1 is 1.55 bits per heavy atom. The molecule has 0 saturated heterocycles. The van der Waals surface area contributed by atoms with E-state index in [9.17, 15) is 4.79 Å². The summed E-state index contributed by atoms with van der Waals surface area (Å²) in [5.41, 5.74) is 0. The van der Waals surface area contributed by atoms with Gasteiger partial charge in [0.1, 0.15) is 11.6 Å². The van der Waals surface area contributed by atoms with Gasteiger partial charge in [-0.1, -0.05) is 30.3 Å². The molecule has 0 bridgehead atoms. The molecule has 2 aromatic heterocycles. The molecule has 2 N–H and O–H groups in total. The lowest BCUT2D eigenvalue weighted by atomic mass is 10.4. The number of nitrogens with one attached hydrogen (secondary N) is 2. The second-order valence-corrected chi connectivity index (χ2v) is 5.77. The van der Waals surface area contributed by atoms with Crippen molar-refractivity contribution in [2.24, 2.45) is 0 Å². The van der Waals surface area contributed by atoms with E-state index in [1.165, 1.54) is 18.0 Å². The lowest BCUT2D eigenvalue weighted by Crippen LogP contribution is -2.23. The maximum absolute atomic E-state index is 12.0. The summed E-state index contributed by atoms with van der Waals surface area (Å²) in [4.78, 5) is 20.3. The molecule has 20 heavy (non-hydrogen) atoms. The summed E-state index contributed by atoms with van der Waals surface area (Å²) in [5.74, 6) is 1.11. The van der Waals surface area contributed by atoms with Crippen molar-refractivity contribution in [2.45, 2.75) is 30.7 Å². The summed E-state index contributed by atoms with van der Waals surface area (Å²) in [6.07, 6.45) is 2.26. The zero-order valence-corrected chi connectivity index (χ0v) is 12.6. The molecule has 0 aromatic carbocycles. The van der Waals surface area contributed by atoms with Gasteiger partial charge in [0, 0.05) is 12.6 Å². The van der Waals surface area contributed by atoms with Gasteiger partial charge in [0.05, 0.1) is 10.3 Å². The Morgan fingerprint density at radius 2 is 2.35 bits per heavy atom. The average molecular weight is 312 g/mol. The lowest BCUT2D eigenvalue weighted by molar-refractivity contribution is -0.115. The van der Waals surface area contributed by atoms with Crippen LogP contribution in [0.5, 0.6) is 0 Å². The van der Waals surface area contributed by atoms with Crippen LogP contribution < -0.4 is 5.32 Å². The quantitative estimate of drug-likeness (QED) is 0.829. The lowest BCUT2D eigenvalue weighted by Gasteiger charge is -2.09. The third-order valence-electron chi connectivity index (χ3n) is 2.48. The van der Waals surface area contributed by atoms with Crippen LogP contribution in [-0.4, -0.2) is 31.3 Å². The zero-order chi connectivity index (χ0) is 14.5. The molecule has 2 heterocycles. The van der Waals surface area contributed by atoms with Crippen LogP contribution in [0.25, 0.3) is 0 Å². The van der Waals surface area contributed by atoms with Gasteiger partial charge < -0.3 is 5.32 Å². The highest BCUT2D eigenvalue weighted by atomic mass is 35.5. The third-order valence-corrected chi connectivity index (χ3v) is 3.66. The fraction of sp³-hybridized carbons (Fsp3) is 0.333. The number of hydrogen-bond acceptors (Lipinski definition) is 5. The van der Waals surface area contributed by atoms with Crippen LogP contribution in [-0.2, 0) is 11.2 Å². The van der Waals surface area contributed by atoms with Crippen molar-refractivity contribution in [2.75, 3.05) is 5.32 Å². The molecule has 0 fully saturated rings. The first-order valence-corrected chi connectivity index (χ1v) is 7.34. The molecule has 6 nitrogen and oxygen atoms in total. The number of aryl methyl sites for hydroxylation is 1. The third kappa shape index (κ3) is 3.94. The molecule has 106 valence electrons. The normalized spacial score (nSPS) is 12.2. The number of aromatic nitrogens is 4. The minimum atomic E-state index is -0.326. The van der Waals surface area contributed by atoms with Crippen molar-refractivity contribution >= 4 is 35.1 Å². The van der Waals surface area contributed by atoms with E-state index in [1.54, 1.807) is 19.1 Å². The summed E-state index contributed by atoms with van der Waals surface area (Å²) < 4.78 is 0. The molecular formula is C12H14ClN5OS. The highest BCUT2D eigenvalue weighted by Gasteiger charge is 2.17. The first kappa shape index (κ1) is 14.8. The topological polar surface area (TPSA) is 83.6 Å². The molecule has 8 heteroatoms. The van der Waals surface area contributed by atoms with E-state index in [2.05, 4.69) is 25.5 Å². The molecule has 0 aliphatic rings. The highest BCUT2D eigenvalue weighted by Crippen LogP contribution is 2.20. The number of amides is 1. The summed E-state index contributed by atoms with van der Waals surface area (Å²) >= 11 is 7.03. The smallest absolute Gasteiger partial charge is 0.238 e. The Hall–Kier alpha value is -1.60. The summed E-state index contributed by atoms with van der Waals surface area (Å²) in [5, 5.41) is 10.3. The van der Waals surface area contributed by atoms with Crippen molar-refractivity contribution in [1.29, 1.82) is 0 Å². The zero-order valence-electron chi connectivity index (χ0n) is 11.1. The predicted octanol–water partition coefficient (Wildman–Crippen LogP) is 2.53. The SMILES string of the molecule is CCc1nc(SC(C)C(=O)Nc2ccc(Cl)cn2)n[nH]1. The number of hydrogen-bond donors (Lipinski definition) is 2. The van der Waals surface area contributed by atoms with Crippen molar-refractivity contribution in [3.05, 3.63) is 29.2 Å². The van der Waals surface area contributed by atoms with E-state index in [0.29, 0.717) is 16.0 Å². The van der Waals surface area contributed by atoms with E-state index in [0.717, 1.165) is 12.2 Å². The first-order valence-electron chi connectivity index (χ1n) is 6.09. The number of pyridine rings is 1. The Balaban J connectivity index is 1.93. The van der Waals surface area contributed by atoms with Crippen LogP contribution in [0.3, 0.4) is 0 Å². The molecule has 1 atom stereocenters. The molecule has 1 unspecified atom stereocenters. The van der Waals surface area contributed by atoms with Gasteiger partial charge >= 0.3 is 0 Å². The van der Waals surface area contributed by atoms with Crippen LogP contribution in [0.1, 0.15) is 19.7 Å². The maximum Gasteiger partial charge on any atom is 0.238 e. The standard InChI is InChI=1S/C12H14ClN5OS/c1-3-9-16-12(18-17-9)20-7(2)11(19)15-10-5-4-8(13)6-14-10/h4-7H,3H2,1-2H3,(H,14,15,19)(H,16,17,18). The number of H-pyrrole nitrogens is 1. The van der Waals surface area contributed by atoms with Gasteiger partial charge in [-0.25, -0.2) is 9.97 Å². The van der Waals surface area contributed by atoms with Crippen molar-refractivity contribution in [1.82, 2.24) is 20.2 Å². The van der Waals surface area contributed by atoms with Gasteiger partial charge in [-0.15, -0.1) is 5.10 Å². The molecule has 2 aromatic rings. The van der Waals surface area contributed by atoms with Crippen LogP contribution in [0.15, 0.2) is 23.5 Å². The number of anilines is 1. The van der Waals surface area contributed by atoms with Crippen molar-refractivity contribution < 1.29 is 4.79 Å². The summed E-state index contributed by atoms with van der Waals surface area (Å²) in [7, 11) is 0. The predicted molar refractivity (Wildman–Crippen MR) is 79.0 cm³/mol. The molecule has 2 rings (SSSR count). The minimum Gasteiger partial charge on any atom is -0.310 e. The molecule has 1 amide bonds. The van der Waals surface area contributed by atoms with E-state index in [1.807, 2.05) is 6.92 Å². The Morgan fingerprint density at radius 3 is 2.95 bits per heavy atom. The largest absolute Gasteiger partial charge is 0.310 e. The molecule has 0 saturated carbocycles. The van der Waals surface area contributed by atoms with E-state index in [4.69, 9.17) is 11.6 Å². The van der Waals surface area contributed by atoms with Gasteiger partial charge in [-0.05, 0) is 19.1 Å². The number of carbonyl (C=O) groups excluding carboxylic acids is 1. The van der Waals surface area contributed by atoms with Crippen molar-refractivity contribution in [3.8, 4) is 0 Å². The number of rotatable bonds is 5. The Bertz CT molecular complexity index is 586. The van der Waals surface area contributed by atoms with Crippen molar-refractivity contribution in [3.63, 3.8) is 0 Å². The molecule has 0 spiro atoms. The Kier molecular flexibility index (Phi) is 4.97.